The second-order valence-corrected chi connectivity index (χ2v) is 29.0. The number of phosphoric acid groups is 1. The Kier molecular flexibility index (Phi) is 26.8. The lowest BCUT2D eigenvalue weighted by Gasteiger charge is -2.67. The number of piperidine rings is 1. The Hall–Kier alpha value is -5.67. The van der Waals surface area contributed by atoms with Crippen molar-refractivity contribution in [1.82, 2.24) is 5.32 Å². The average molecular weight is 1320 g/mol. The van der Waals surface area contributed by atoms with Crippen LogP contribution in [-0.2, 0) is 56.5 Å². The Morgan fingerprint density at radius 1 is 0.742 bits per heavy atom. The monoisotopic (exact) mass is 1310 g/mol. The summed E-state index contributed by atoms with van der Waals surface area (Å²) in [5.41, 5.74) is -7.02. The first-order chi connectivity index (χ1) is 44.1. The van der Waals surface area contributed by atoms with Crippen LogP contribution in [0.2, 0.25) is 0 Å². The van der Waals surface area contributed by atoms with Crippen molar-refractivity contribution in [3.8, 4) is 0 Å². The van der Waals surface area contributed by atoms with Crippen LogP contribution in [-0.4, -0.2) is 150 Å². The summed E-state index contributed by atoms with van der Waals surface area (Å²) in [6.45, 7) is 12.4. The number of Topliss-reactive ketones (excluding diaryl/α,β-unsaturated/α-hetero) is 1. The van der Waals surface area contributed by atoms with Gasteiger partial charge in [-0.25, -0.2) is 9.59 Å². The Balaban J connectivity index is 0.000000333. The van der Waals surface area contributed by atoms with E-state index < -0.39 is 120 Å². The van der Waals surface area contributed by atoms with Crippen LogP contribution >= 0.6 is 7.82 Å². The summed E-state index contributed by atoms with van der Waals surface area (Å²) in [7, 11) is 0.185. The van der Waals surface area contributed by atoms with Crippen LogP contribution in [0.4, 0.5) is 0 Å². The van der Waals surface area contributed by atoms with Gasteiger partial charge in [0.05, 0.1) is 75.5 Å². The number of aliphatic hydroxyl groups excluding tert-OH is 2. The van der Waals surface area contributed by atoms with Crippen molar-refractivity contribution in [2.75, 3.05) is 40.4 Å². The van der Waals surface area contributed by atoms with E-state index >= 15 is 4.79 Å². The number of hydrogen-bond acceptors (Lipinski definition) is 18. The van der Waals surface area contributed by atoms with Crippen molar-refractivity contribution in [2.45, 2.75) is 237 Å². The van der Waals surface area contributed by atoms with Crippen molar-refractivity contribution in [3.63, 3.8) is 0 Å². The molecule has 21 heteroatoms. The standard InChI is InChI=1S/C47H51NO14.C25H52NO4P/c1-25-31(60-43(56)36(52)35(28-16-10-7-11-17-28)48-41(54)29-18-12-8-13-19-29)23-47(57)40(61-42(55)30-20-14-9-15-21-30)38-45(6,32(51)22-33-46(38,24-58-33)62-27(3)50)39(53)37(59-26(2)49)34(25)44(47,4)5;1-4-5-6-7-8-9-10-11-12-13-14-15-16-17-18-19-24-29-31(27,28)30-25-20-22-26(2,3)23-21-25/h7-21,31-33,35-38,40,51-52,57H,22-24H2,1-6H3,(H,48,54);25H,4-24H2,1-3H3/t31-,32-,33+,35-,36+,37+,38-,40-,45+,46-,47+;/m0./s1. The number of nitrogens with zero attached hydrogens (tertiary/aromatic N) is 1. The topological polar surface area (TPSA) is 280 Å². The third-order valence-corrected chi connectivity index (χ3v) is 21.2. The summed E-state index contributed by atoms with van der Waals surface area (Å²) in [6, 6.07) is 22.9. The number of nitrogens with one attached hydrogen (secondary N) is 1. The zero-order chi connectivity index (χ0) is 67.8. The third kappa shape index (κ3) is 18.5. The molecular weight excluding hydrogens is 1210 g/mol. The van der Waals surface area contributed by atoms with Gasteiger partial charge >= 0.3 is 23.9 Å². The van der Waals surface area contributed by atoms with Crippen molar-refractivity contribution in [3.05, 3.63) is 119 Å². The Morgan fingerprint density at radius 3 is 1.76 bits per heavy atom. The molecule has 5 aliphatic rings. The molecule has 0 spiro atoms. The van der Waals surface area contributed by atoms with Gasteiger partial charge in [0.15, 0.2) is 23.6 Å². The predicted octanol–water partition coefficient (Wildman–Crippen LogP) is 10.7. The van der Waals surface area contributed by atoms with Gasteiger partial charge in [0.25, 0.3) is 13.7 Å². The summed E-state index contributed by atoms with van der Waals surface area (Å²) >= 11 is 0. The molecule has 1 amide bonds. The van der Waals surface area contributed by atoms with E-state index in [0.717, 1.165) is 57.1 Å². The van der Waals surface area contributed by atoms with E-state index in [0.29, 0.717) is 5.56 Å². The molecule has 2 saturated heterocycles. The number of phosphoric ester groups is 1. The van der Waals surface area contributed by atoms with Crippen molar-refractivity contribution in [2.24, 2.45) is 16.7 Å². The molecule has 514 valence electrons. The smallest absolute Gasteiger partial charge is 0.338 e. The number of unbranched alkanes of at least 4 members (excludes halogenated alkanes) is 15. The van der Waals surface area contributed by atoms with E-state index in [4.69, 9.17) is 32.7 Å². The molecule has 3 aromatic carbocycles. The number of aliphatic hydroxyl groups is 3. The predicted molar refractivity (Wildman–Crippen MR) is 347 cm³/mol. The number of rotatable bonds is 30. The molecule has 2 bridgehead atoms. The highest BCUT2D eigenvalue weighted by Gasteiger charge is 2.78. The largest absolute Gasteiger partial charge is 0.756 e. The molecule has 8 rings (SSSR count). The van der Waals surface area contributed by atoms with Gasteiger partial charge in [-0.05, 0) is 61.2 Å². The molecule has 12 atom stereocenters. The minimum absolute atomic E-state index is 0.00289. The highest BCUT2D eigenvalue weighted by atomic mass is 31.2. The summed E-state index contributed by atoms with van der Waals surface area (Å²) in [6.07, 6.45) is 11.7. The van der Waals surface area contributed by atoms with Crippen molar-refractivity contribution < 1.29 is 90.8 Å². The van der Waals surface area contributed by atoms with Gasteiger partial charge in [-0.3, -0.25) is 23.7 Å². The third-order valence-electron chi connectivity index (χ3n) is 20.1. The molecule has 3 aliphatic carbocycles. The minimum atomic E-state index is -4.15. The van der Waals surface area contributed by atoms with Gasteiger partial charge in [-0.1, -0.05) is 184 Å². The van der Waals surface area contributed by atoms with Gasteiger partial charge in [0.2, 0.25) is 0 Å². The lowest BCUT2D eigenvalue weighted by molar-refractivity contribution is -0.896. The van der Waals surface area contributed by atoms with Crippen LogP contribution in [0.5, 0.6) is 0 Å². The number of likely N-dealkylation sites (tertiary alicyclic amines) is 1. The minimum Gasteiger partial charge on any atom is -0.756 e. The van der Waals surface area contributed by atoms with Gasteiger partial charge in [0, 0.05) is 50.5 Å². The van der Waals surface area contributed by atoms with E-state index in [1.54, 1.807) is 92.7 Å². The fraction of sp³-hybridized carbons (Fsp3) is 0.639. The van der Waals surface area contributed by atoms with Crippen molar-refractivity contribution in [1.29, 1.82) is 0 Å². The normalized spacial score (nSPS) is 27.5. The van der Waals surface area contributed by atoms with Crippen LogP contribution in [0.3, 0.4) is 0 Å². The van der Waals surface area contributed by atoms with Gasteiger partial charge in [-0.15, -0.1) is 0 Å². The van der Waals surface area contributed by atoms with E-state index in [1.807, 2.05) is 0 Å². The van der Waals surface area contributed by atoms with Crippen LogP contribution < -0.4 is 10.2 Å². The number of carbonyl (C=O) groups is 6. The number of benzene rings is 3. The molecule has 4 fully saturated rings. The number of fused-ring (bicyclic) bond motifs is 5. The van der Waals surface area contributed by atoms with Gasteiger partial charge in [-0.2, -0.15) is 0 Å². The lowest BCUT2D eigenvalue weighted by atomic mass is 9.44. The summed E-state index contributed by atoms with van der Waals surface area (Å²) < 4.78 is 53.5. The fourth-order valence-corrected chi connectivity index (χ4v) is 15.6. The number of quaternary nitrogens is 1. The van der Waals surface area contributed by atoms with Crippen LogP contribution in [0, 0.1) is 16.7 Å². The Bertz CT molecular complexity index is 3040. The molecule has 3 aromatic rings. The van der Waals surface area contributed by atoms with Gasteiger partial charge < -0.3 is 62.7 Å². The highest BCUT2D eigenvalue weighted by Crippen LogP contribution is 2.64. The molecule has 2 aliphatic heterocycles. The molecule has 93 heavy (non-hydrogen) atoms. The van der Waals surface area contributed by atoms with E-state index in [2.05, 4.69) is 26.3 Å². The SMILES string of the molecule is CC(=O)O[C@H]1C(=O)[C@@]2(C)[C@H]([C@H](OC(=O)c3ccccc3)[C@]3(O)C[C@H](OC(=O)[C@H](O)[C@@H](NC(=O)c4ccccc4)c4ccccc4)C(C)=C1C3(C)C)[C@]1(OC(C)=O)CO[C@@H]1C[C@@H]2O.CCCCCCCCCCCCCCCCCCOP(=O)([O-])OC1CC[N+](C)(C)CC1. The molecule has 20 nitrogen and oxygen atoms in total. The quantitative estimate of drug-likeness (QED) is 0.0121. The number of amides is 1. The maximum Gasteiger partial charge on any atom is 0.338 e. The first-order valence-electron chi connectivity index (χ1n) is 33.8. The first kappa shape index (κ1) is 74.7. The summed E-state index contributed by atoms with van der Waals surface area (Å²) in [4.78, 5) is 95.5. The number of hydrogen-bond donors (Lipinski definition) is 4. The first-order valence-corrected chi connectivity index (χ1v) is 35.2. The number of ketones is 1. The Morgan fingerprint density at radius 2 is 1.26 bits per heavy atom. The van der Waals surface area contributed by atoms with Gasteiger partial charge in [0.1, 0.15) is 23.9 Å². The molecule has 2 heterocycles. The maximum atomic E-state index is 15.5. The van der Waals surface area contributed by atoms with Crippen molar-refractivity contribution >= 4 is 43.4 Å². The number of carbonyl (C=O) groups excluding carboxylic acids is 6. The number of esters is 4. The maximum absolute atomic E-state index is 15.5. The fourth-order valence-electron chi connectivity index (χ4n) is 14.6. The molecule has 4 N–H and O–H groups in total. The molecule has 2 saturated carbocycles. The second-order valence-electron chi connectivity index (χ2n) is 27.6. The zero-order valence-corrected chi connectivity index (χ0v) is 57.1. The van der Waals surface area contributed by atoms with Crippen LogP contribution in [0.15, 0.2) is 102 Å². The highest BCUT2D eigenvalue weighted by molar-refractivity contribution is 7.45. The molecular formula is C72H103N2O18P. The Labute approximate surface area is 550 Å². The van der Waals surface area contributed by atoms with E-state index in [1.165, 1.54) is 116 Å². The molecule has 1 unspecified atom stereocenters. The second kappa shape index (κ2) is 33.3. The molecule has 0 aromatic heterocycles. The van der Waals surface area contributed by atoms with Crippen LogP contribution in [0.1, 0.15) is 209 Å². The lowest BCUT2D eigenvalue weighted by Crippen LogP contribution is -2.82. The van der Waals surface area contributed by atoms with E-state index in [-0.39, 0.29) is 48.0 Å². The van der Waals surface area contributed by atoms with Crippen LogP contribution in [0.25, 0.3) is 0 Å². The van der Waals surface area contributed by atoms with E-state index in [9.17, 15) is 48.8 Å². The number of ether oxygens (including phenoxy) is 5. The summed E-state index contributed by atoms with van der Waals surface area (Å²) in [5, 5.41) is 40.2. The zero-order valence-electron chi connectivity index (χ0n) is 56.2. The molecule has 0 radical (unpaired) electrons. The average Bonchev–Trinajstić information content (AvgIpc) is 0.671. The summed E-state index contributed by atoms with van der Waals surface area (Å²) in [5.74, 6) is -6.84.